The van der Waals surface area contributed by atoms with Crippen LogP contribution >= 0.6 is 0 Å². The number of quaternary nitrogens is 1. The van der Waals surface area contributed by atoms with Crippen LogP contribution in [-0.2, 0) is 4.79 Å². The molecule has 1 saturated heterocycles. The number of urea groups is 1. The highest BCUT2D eigenvalue weighted by atomic mass is 16.4. The van der Waals surface area contributed by atoms with E-state index in [4.69, 9.17) is 0 Å². The van der Waals surface area contributed by atoms with Gasteiger partial charge in [-0.3, -0.25) is 4.98 Å². The number of nitrogens with one attached hydrogen (secondary N) is 1. The molecule has 0 radical (unpaired) electrons. The van der Waals surface area contributed by atoms with Crippen molar-refractivity contribution in [2.24, 2.45) is 5.92 Å². The molecular weight excluding hydrogens is 318 g/mol. The molecule has 4 atom stereocenters. The van der Waals surface area contributed by atoms with Gasteiger partial charge in [-0.15, -0.1) is 0 Å². The number of hydrogen-bond acceptors (Lipinski definition) is 4. The van der Waals surface area contributed by atoms with Crippen molar-refractivity contribution >= 4 is 12.0 Å². The van der Waals surface area contributed by atoms with Crippen molar-refractivity contribution in [2.75, 3.05) is 19.6 Å². The zero-order valence-corrected chi connectivity index (χ0v) is 15.4. The number of carbonyl (C=O) groups is 2. The van der Waals surface area contributed by atoms with Gasteiger partial charge in [0.1, 0.15) is 12.0 Å². The summed E-state index contributed by atoms with van der Waals surface area (Å²) in [5.74, 6) is -1.04. The molecule has 25 heavy (non-hydrogen) atoms. The average Bonchev–Trinajstić information content (AvgIpc) is 3.01. The third-order valence-electron chi connectivity index (χ3n) is 5.43. The number of aromatic nitrogens is 1. The molecule has 1 fully saturated rings. The number of pyridine rings is 1. The van der Waals surface area contributed by atoms with Gasteiger partial charge in [-0.05, 0) is 24.0 Å². The molecule has 0 aliphatic carbocycles. The number of likely N-dealkylation sites (tertiary alicyclic amines) is 1. The molecule has 0 aromatic carbocycles. The topological polar surface area (TPSA) is 82.1 Å². The van der Waals surface area contributed by atoms with Crippen molar-refractivity contribution < 1.29 is 19.2 Å². The maximum Gasteiger partial charge on any atom is 0.417 e. The Labute approximate surface area is 149 Å². The second kappa shape index (κ2) is 8.43. The molecule has 1 aromatic heterocycles. The molecule has 1 N–H and O–H groups in total. The first-order valence-electron chi connectivity index (χ1n) is 9.22. The Bertz CT molecular complexity index is 593. The quantitative estimate of drug-likeness (QED) is 0.761. The molecule has 2 amide bonds. The first-order valence-corrected chi connectivity index (χ1v) is 9.22. The fourth-order valence-electron chi connectivity index (χ4n) is 3.86. The summed E-state index contributed by atoms with van der Waals surface area (Å²) in [4.78, 5) is 29.2. The number of carbonyl (C=O) groups excluding carboxylic acids is 2. The number of rotatable bonds is 7. The standard InChI is InChI=1S/C19H29N3O3/c1-4-10-22(19(25)21-12-14(3)5-2)11-8-16(17(22)18(23)24)15-7-6-9-20-13-15/h6-7,9,13-14,16-17H,4-5,8,10-12H2,1-3H3,(H-,21,23,24,25)/t14?,16?,17-,22?/m0/s1. The Hall–Kier alpha value is -1.95. The van der Waals surface area contributed by atoms with E-state index >= 15 is 0 Å². The Kier molecular flexibility index (Phi) is 6.53. The second-order valence-electron chi connectivity index (χ2n) is 7.13. The summed E-state index contributed by atoms with van der Waals surface area (Å²) in [5.41, 5.74) is 0.863. The Balaban J connectivity index is 2.32. The van der Waals surface area contributed by atoms with E-state index in [9.17, 15) is 14.7 Å². The van der Waals surface area contributed by atoms with Gasteiger partial charge in [0.05, 0.1) is 13.1 Å². The van der Waals surface area contributed by atoms with Crippen molar-refractivity contribution in [3.05, 3.63) is 30.1 Å². The van der Waals surface area contributed by atoms with Gasteiger partial charge in [-0.1, -0.05) is 33.3 Å². The van der Waals surface area contributed by atoms with Crippen molar-refractivity contribution in [2.45, 2.75) is 52.0 Å². The van der Waals surface area contributed by atoms with E-state index in [0.717, 1.165) is 18.4 Å². The predicted octanol–water partition coefficient (Wildman–Crippen LogP) is 1.67. The van der Waals surface area contributed by atoms with Gasteiger partial charge in [-0.25, -0.2) is 9.28 Å². The van der Waals surface area contributed by atoms with Gasteiger partial charge in [0.2, 0.25) is 0 Å². The van der Waals surface area contributed by atoms with Gasteiger partial charge in [0, 0.05) is 31.3 Å². The summed E-state index contributed by atoms with van der Waals surface area (Å²) >= 11 is 0. The van der Waals surface area contributed by atoms with Crippen LogP contribution in [0, 0.1) is 5.92 Å². The number of carboxylic acid groups (broad SMARTS) is 1. The van der Waals surface area contributed by atoms with Crippen molar-refractivity contribution in [3.63, 3.8) is 0 Å². The lowest BCUT2D eigenvalue weighted by Crippen LogP contribution is -2.65. The lowest BCUT2D eigenvalue weighted by molar-refractivity contribution is -0.857. The highest BCUT2D eigenvalue weighted by Gasteiger charge is 2.54. The highest BCUT2D eigenvalue weighted by molar-refractivity contribution is 5.77. The second-order valence-corrected chi connectivity index (χ2v) is 7.13. The van der Waals surface area contributed by atoms with E-state index in [0.29, 0.717) is 32.0 Å². The predicted molar refractivity (Wildman–Crippen MR) is 93.5 cm³/mol. The molecule has 6 nitrogen and oxygen atoms in total. The summed E-state index contributed by atoms with van der Waals surface area (Å²) in [5, 5.41) is 15.0. The number of aliphatic carboxylic acids is 1. The van der Waals surface area contributed by atoms with Gasteiger partial charge in [0.25, 0.3) is 0 Å². The van der Waals surface area contributed by atoms with E-state index in [1.54, 1.807) is 18.5 Å². The minimum absolute atomic E-state index is 0.0746. The van der Waals surface area contributed by atoms with Gasteiger partial charge >= 0.3 is 6.03 Å². The first kappa shape index (κ1) is 19.4. The minimum Gasteiger partial charge on any atom is -0.544 e. The Morgan fingerprint density at radius 2 is 2.20 bits per heavy atom. The molecule has 2 heterocycles. The van der Waals surface area contributed by atoms with Crippen LogP contribution in [0.1, 0.15) is 51.5 Å². The molecule has 1 aliphatic rings. The average molecular weight is 347 g/mol. The van der Waals surface area contributed by atoms with Gasteiger partial charge < -0.3 is 15.2 Å². The van der Waals surface area contributed by atoms with Gasteiger partial charge in [0.15, 0.2) is 0 Å². The summed E-state index contributed by atoms with van der Waals surface area (Å²) in [6.45, 7) is 7.71. The van der Waals surface area contributed by atoms with Gasteiger partial charge in [-0.2, -0.15) is 0 Å². The molecule has 2 rings (SSSR count). The summed E-state index contributed by atoms with van der Waals surface area (Å²) in [7, 11) is 0. The van der Waals surface area contributed by atoms with Crippen LogP contribution in [-0.4, -0.2) is 47.1 Å². The fourth-order valence-corrected chi connectivity index (χ4v) is 3.86. The SMILES string of the molecule is CCC[N+]1(C(=O)NCC(C)CC)CCC(c2cccnc2)[C@H]1C(=O)[O-]. The van der Waals surface area contributed by atoms with Crippen molar-refractivity contribution in [1.82, 2.24) is 10.3 Å². The van der Waals surface area contributed by atoms with Crippen LogP contribution in [0.4, 0.5) is 4.79 Å². The maximum atomic E-state index is 13.0. The summed E-state index contributed by atoms with van der Waals surface area (Å²) in [6.07, 6.45) is 5.71. The summed E-state index contributed by atoms with van der Waals surface area (Å²) < 4.78 is -0.0746. The van der Waals surface area contributed by atoms with E-state index < -0.39 is 12.0 Å². The van der Waals surface area contributed by atoms with Crippen LogP contribution < -0.4 is 10.4 Å². The Morgan fingerprint density at radius 1 is 1.44 bits per heavy atom. The number of amides is 2. The third kappa shape index (κ3) is 4.00. The van der Waals surface area contributed by atoms with Crippen molar-refractivity contribution in [1.29, 1.82) is 0 Å². The van der Waals surface area contributed by atoms with E-state index in [1.165, 1.54) is 0 Å². The monoisotopic (exact) mass is 347 g/mol. The van der Waals surface area contributed by atoms with Crippen LogP contribution in [0.3, 0.4) is 0 Å². The largest absolute Gasteiger partial charge is 0.544 e. The third-order valence-corrected chi connectivity index (χ3v) is 5.43. The Morgan fingerprint density at radius 3 is 2.76 bits per heavy atom. The normalized spacial score (nSPS) is 27.0. The smallest absolute Gasteiger partial charge is 0.417 e. The number of hydrogen-bond donors (Lipinski definition) is 1. The fraction of sp³-hybridized carbons (Fsp3) is 0.632. The van der Waals surface area contributed by atoms with E-state index in [-0.39, 0.29) is 16.4 Å². The van der Waals surface area contributed by atoms with Crippen LogP contribution in [0.5, 0.6) is 0 Å². The molecule has 1 aliphatic heterocycles. The molecule has 0 bridgehead atoms. The molecule has 0 saturated carbocycles. The lowest BCUT2D eigenvalue weighted by Gasteiger charge is -2.39. The first-order chi connectivity index (χ1) is 12.0. The molecule has 3 unspecified atom stereocenters. The van der Waals surface area contributed by atoms with Crippen LogP contribution in [0.2, 0.25) is 0 Å². The zero-order chi connectivity index (χ0) is 18.4. The van der Waals surface area contributed by atoms with Crippen molar-refractivity contribution in [3.8, 4) is 0 Å². The van der Waals surface area contributed by atoms with Crippen LogP contribution in [0.25, 0.3) is 0 Å². The maximum absolute atomic E-state index is 13.0. The lowest BCUT2D eigenvalue weighted by atomic mass is 9.92. The summed E-state index contributed by atoms with van der Waals surface area (Å²) in [6, 6.07) is 2.62. The zero-order valence-electron chi connectivity index (χ0n) is 15.4. The van der Waals surface area contributed by atoms with Crippen LogP contribution in [0.15, 0.2) is 24.5 Å². The van der Waals surface area contributed by atoms with E-state index in [1.807, 2.05) is 13.0 Å². The van der Waals surface area contributed by atoms with E-state index in [2.05, 4.69) is 24.1 Å². The number of carboxylic acids is 1. The minimum atomic E-state index is -1.15. The molecule has 138 valence electrons. The number of nitrogens with zero attached hydrogens (tertiary/aromatic N) is 2. The molecular formula is C19H29N3O3. The molecule has 6 heteroatoms. The molecule has 0 spiro atoms. The highest BCUT2D eigenvalue weighted by Crippen LogP contribution is 2.39. The molecule has 1 aromatic rings.